The molecule has 4 atom stereocenters. The molecule has 2 aliphatic rings. The van der Waals surface area contributed by atoms with E-state index in [2.05, 4.69) is 16.0 Å². The third-order valence-electron chi connectivity index (χ3n) is 9.08. The summed E-state index contributed by atoms with van der Waals surface area (Å²) in [6, 6.07) is 11.9. The van der Waals surface area contributed by atoms with Crippen molar-refractivity contribution in [3.05, 3.63) is 69.7 Å². The molecule has 0 aromatic heterocycles. The van der Waals surface area contributed by atoms with Crippen LogP contribution in [0, 0.1) is 11.8 Å². The minimum Gasteiger partial charge on any atom is -0.440 e. The molecule has 1 aliphatic carbocycles. The zero-order valence-corrected chi connectivity index (χ0v) is 27.7. The Kier molecular flexibility index (Phi) is 12.1. The molecule has 2 fully saturated rings. The summed E-state index contributed by atoms with van der Waals surface area (Å²) in [4.78, 5) is 64.3. The molecule has 12 heteroatoms. The lowest BCUT2D eigenvalue weighted by Crippen LogP contribution is -2.54. The molecule has 1 saturated heterocycles. The van der Waals surface area contributed by atoms with Gasteiger partial charge in [0.15, 0.2) is 0 Å². The quantitative estimate of drug-likeness (QED) is 0.216. The number of primary amides is 1. The van der Waals surface area contributed by atoms with Crippen LogP contribution in [0.4, 0.5) is 4.79 Å². The van der Waals surface area contributed by atoms with Crippen molar-refractivity contribution >= 4 is 52.8 Å². The van der Waals surface area contributed by atoms with Crippen LogP contribution in [-0.4, -0.2) is 48.2 Å². The molecule has 10 nitrogen and oxygen atoms in total. The van der Waals surface area contributed by atoms with Gasteiger partial charge >= 0.3 is 6.09 Å². The van der Waals surface area contributed by atoms with Crippen LogP contribution < -0.4 is 21.7 Å². The van der Waals surface area contributed by atoms with E-state index in [0.29, 0.717) is 35.0 Å². The molecule has 5 N–H and O–H groups in total. The van der Waals surface area contributed by atoms with Gasteiger partial charge in [0.2, 0.25) is 17.6 Å². The van der Waals surface area contributed by atoms with Crippen molar-refractivity contribution in [2.75, 3.05) is 6.54 Å². The lowest BCUT2D eigenvalue weighted by molar-refractivity contribution is -0.139. The van der Waals surface area contributed by atoms with Gasteiger partial charge in [-0.2, -0.15) is 0 Å². The first-order valence-electron chi connectivity index (χ1n) is 15.8. The summed E-state index contributed by atoms with van der Waals surface area (Å²) in [5.74, 6) is -3.53. The first-order valence-corrected chi connectivity index (χ1v) is 16.5. The highest BCUT2D eigenvalue weighted by Crippen LogP contribution is 2.41. The largest absolute Gasteiger partial charge is 0.440 e. The molecule has 4 amide bonds. The fourth-order valence-corrected chi connectivity index (χ4v) is 6.73. The van der Waals surface area contributed by atoms with E-state index in [1.54, 1.807) is 30.3 Å². The van der Waals surface area contributed by atoms with Gasteiger partial charge in [-0.05, 0) is 60.6 Å². The molecule has 0 radical (unpaired) electrons. The highest BCUT2D eigenvalue weighted by molar-refractivity contribution is 6.38. The van der Waals surface area contributed by atoms with Crippen LogP contribution in [0.25, 0.3) is 0 Å². The number of nitrogens with one attached hydrogen (secondary N) is 3. The van der Waals surface area contributed by atoms with Gasteiger partial charge in [-0.1, -0.05) is 93.4 Å². The van der Waals surface area contributed by atoms with Crippen molar-refractivity contribution in [1.82, 2.24) is 16.0 Å². The van der Waals surface area contributed by atoms with E-state index < -0.39 is 53.2 Å². The number of benzene rings is 2. The second kappa shape index (κ2) is 15.8. The van der Waals surface area contributed by atoms with Crippen LogP contribution >= 0.6 is 23.2 Å². The smallest absolute Gasteiger partial charge is 0.408 e. The van der Waals surface area contributed by atoms with Crippen LogP contribution in [0.3, 0.4) is 0 Å². The first-order chi connectivity index (χ1) is 21.8. The molecule has 4 unspecified atom stereocenters. The van der Waals surface area contributed by atoms with Gasteiger partial charge in [0.1, 0.15) is 12.1 Å². The van der Waals surface area contributed by atoms with Crippen LogP contribution in [0.5, 0.6) is 0 Å². The Labute approximate surface area is 279 Å². The number of amides is 4. The minimum atomic E-state index is -1.31. The van der Waals surface area contributed by atoms with Crippen LogP contribution in [0.2, 0.25) is 10.0 Å². The number of rotatable bonds is 13. The number of Topliss-reactive ketones (excluding diaryl/α,β-unsaturated/α-hetero) is 1. The van der Waals surface area contributed by atoms with Crippen molar-refractivity contribution in [2.24, 2.45) is 17.6 Å². The van der Waals surface area contributed by atoms with Gasteiger partial charge in [-0.15, -0.1) is 0 Å². The highest BCUT2D eigenvalue weighted by atomic mass is 35.5. The number of carbonyl (C=O) groups is 5. The monoisotopic (exact) mass is 672 g/mol. The van der Waals surface area contributed by atoms with E-state index >= 15 is 0 Å². The Morgan fingerprint density at radius 2 is 1.63 bits per heavy atom. The van der Waals surface area contributed by atoms with E-state index in [-0.39, 0.29) is 18.2 Å². The van der Waals surface area contributed by atoms with Gasteiger partial charge in [0, 0.05) is 27.9 Å². The predicted molar refractivity (Wildman–Crippen MR) is 175 cm³/mol. The summed E-state index contributed by atoms with van der Waals surface area (Å²) < 4.78 is 6.11. The maximum absolute atomic E-state index is 13.8. The molecular formula is C34H42Cl2N4O6. The molecule has 248 valence electrons. The van der Waals surface area contributed by atoms with Crippen molar-refractivity contribution in [3.63, 3.8) is 0 Å². The van der Waals surface area contributed by atoms with Crippen molar-refractivity contribution in [3.8, 4) is 0 Å². The second-order valence-electron chi connectivity index (χ2n) is 12.8. The lowest BCUT2D eigenvalue weighted by atomic mass is 9.76. The normalized spacial score (nSPS) is 19.0. The number of hydrogen-bond acceptors (Lipinski definition) is 6. The Balaban J connectivity index is 1.58. The molecule has 4 rings (SSSR count). The Hall–Kier alpha value is -3.63. The van der Waals surface area contributed by atoms with E-state index in [4.69, 9.17) is 33.7 Å². The average Bonchev–Trinajstić information content (AvgIpc) is 3.43. The summed E-state index contributed by atoms with van der Waals surface area (Å²) >= 11 is 12.5. The number of hydrogen-bond donors (Lipinski definition) is 4. The maximum Gasteiger partial charge on any atom is 0.408 e. The molecule has 1 saturated carbocycles. The molecular weight excluding hydrogens is 631 g/mol. The number of alkyl carbamates (subject to hydrolysis) is 1. The second-order valence-corrected chi connectivity index (χ2v) is 13.7. The SMILES string of the molecule is CC(C)(c1cccc(Cl)c1)C(OC(=O)NC(CC1CCCCC1)C(=O)NC(CC1CCNC1=O)C(=O)C(N)=O)c1ccc(Cl)cc1. The summed E-state index contributed by atoms with van der Waals surface area (Å²) in [6.45, 7) is 4.29. The molecule has 0 spiro atoms. The predicted octanol–water partition coefficient (Wildman–Crippen LogP) is 5.14. The summed E-state index contributed by atoms with van der Waals surface area (Å²) in [6.07, 6.45) is 3.95. The third kappa shape index (κ3) is 9.22. The Bertz CT molecular complexity index is 1430. The number of nitrogens with two attached hydrogens (primary N) is 1. The number of ketones is 1. The molecule has 46 heavy (non-hydrogen) atoms. The van der Waals surface area contributed by atoms with Crippen molar-refractivity contribution in [1.29, 1.82) is 0 Å². The molecule has 1 heterocycles. The number of carbonyl (C=O) groups excluding carboxylic acids is 5. The summed E-state index contributed by atoms with van der Waals surface area (Å²) in [5.41, 5.74) is 6.04. The zero-order valence-electron chi connectivity index (χ0n) is 26.2. The minimum absolute atomic E-state index is 0.0770. The Morgan fingerprint density at radius 3 is 2.24 bits per heavy atom. The summed E-state index contributed by atoms with van der Waals surface area (Å²) in [7, 11) is 0. The number of ether oxygens (including phenoxy) is 1. The highest BCUT2D eigenvalue weighted by Gasteiger charge is 2.39. The van der Waals surface area contributed by atoms with Crippen molar-refractivity contribution in [2.45, 2.75) is 88.8 Å². The van der Waals surface area contributed by atoms with Gasteiger partial charge in [0.05, 0.1) is 6.04 Å². The van der Waals surface area contributed by atoms with Crippen LogP contribution in [0.15, 0.2) is 48.5 Å². The number of halogens is 2. The van der Waals surface area contributed by atoms with Gasteiger partial charge in [-0.25, -0.2) is 4.79 Å². The average molecular weight is 674 g/mol. The van der Waals surface area contributed by atoms with Gasteiger partial charge in [0.25, 0.3) is 5.91 Å². The van der Waals surface area contributed by atoms with Crippen molar-refractivity contribution < 1.29 is 28.7 Å². The first kappa shape index (κ1) is 35.2. The maximum atomic E-state index is 13.8. The van der Waals surface area contributed by atoms with E-state index in [0.717, 1.165) is 37.7 Å². The van der Waals surface area contributed by atoms with Crippen LogP contribution in [0.1, 0.15) is 82.4 Å². The van der Waals surface area contributed by atoms with E-state index in [1.807, 2.05) is 32.0 Å². The fraction of sp³-hybridized carbons (Fsp3) is 0.500. The topological polar surface area (TPSA) is 157 Å². The van der Waals surface area contributed by atoms with Crippen LogP contribution in [-0.2, 0) is 29.3 Å². The standard InChI is InChI=1S/C34H42Cl2N4O6/c1-34(2,23-9-6-10-25(36)19-23)29(21-11-13-24(35)14-12-21)46-33(45)40-27(17-20-7-4-3-5-8-20)32(44)39-26(28(41)30(37)42)18-22-15-16-38-31(22)43/h6,9-14,19-20,22,26-27,29H,3-5,7-8,15-18H2,1-2H3,(H2,37,42)(H,38,43)(H,39,44)(H,40,45). The van der Waals surface area contributed by atoms with E-state index in [1.165, 1.54) is 0 Å². The Morgan fingerprint density at radius 1 is 0.935 bits per heavy atom. The molecule has 1 aliphatic heterocycles. The lowest BCUT2D eigenvalue weighted by Gasteiger charge is -2.35. The summed E-state index contributed by atoms with van der Waals surface area (Å²) in [5, 5.41) is 9.13. The zero-order chi connectivity index (χ0) is 33.4. The van der Waals surface area contributed by atoms with E-state index in [9.17, 15) is 24.0 Å². The molecule has 2 aromatic rings. The fourth-order valence-electron chi connectivity index (χ4n) is 6.41. The van der Waals surface area contributed by atoms with Gasteiger partial charge < -0.3 is 26.4 Å². The molecule has 2 aromatic carbocycles. The van der Waals surface area contributed by atoms with Gasteiger partial charge in [-0.3, -0.25) is 19.2 Å². The molecule has 0 bridgehead atoms. The third-order valence-corrected chi connectivity index (χ3v) is 9.57.